The molecule has 3 heterocycles. The first-order valence-electron chi connectivity index (χ1n) is 11.4. The summed E-state index contributed by atoms with van der Waals surface area (Å²) >= 11 is 0. The van der Waals surface area contributed by atoms with Crippen LogP contribution in [-0.4, -0.2) is 39.5 Å². The van der Waals surface area contributed by atoms with Crippen molar-refractivity contribution in [3.05, 3.63) is 83.8 Å². The molecule has 0 saturated heterocycles. The molecule has 3 aromatic heterocycles. The van der Waals surface area contributed by atoms with Crippen LogP contribution in [0.2, 0.25) is 0 Å². The normalized spacial score (nSPS) is 11.5. The standard InChI is InChI=1S/C27H29N7O/c1-17(2)19-12-27(34-31-14-19)33-26-9-8-24-25(32-26)11-20(13-30-24)22(15-29-4)23(28)16-35-21-7-5-6-18(3)10-21/h5-15,17,28-29H,16H2,1-4H3,(H,32,33,34)/b22-15-,28-23?. The third-order valence-electron chi connectivity index (χ3n) is 5.43. The fourth-order valence-corrected chi connectivity index (χ4v) is 3.54. The summed E-state index contributed by atoms with van der Waals surface area (Å²) in [4.78, 5) is 9.28. The largest absolute Gasteiger partial charge is 0.487 e. The topological polar surface area (TPSA) is 109 Å². The maximum atomic E-state index is 8.63. The van der Waals surface area contributed by atoms with Crippen molar-refractivity contribution in [1.29, 1.82) is 5.41 Å². The fraction of sp³-hybridized carbons (Fsp3) is 0.222. The van der Waals surface area contributed by atoms with E-state index < -0.39 is 0 Å². The first-order valence-corrected chi connectivity index (χ1v) is 11.4. The number of benzene rings is 1. The third-order valence-corrected chi connectivity index (χ3v) is 5.43. The molecule has 0 aliphatic rings. The predicted molar refractivity (Wildman–Crippen MR) is 140 cm³/mol. The van der Waals surface area contributed by atoms with E-state index >= 15 is 0 Å². The average Bonchev–Trinajstić information content (AvgIpc) is 2.85. The lowest BCUT2D eigenvalue weighted by atomic mass is 10.0. The molecule has 0 spiro atoms. The van der Waals surface area contributed by atoms with Crippen molar-refractivity contribution in [1.82, 2.24) is 25.5 Å². The Bertz CT molecular complexity index is 1380. The first-order chi connectivity index (χ1) is 16.9. The Balaban J connectivity index is 1.56. The maximum Gasteiger partial charge on any atom is 0.154 e. The highest BCUT2D eigenvalue weighted by Gasteiger charge is 2.12. The van der Waals surface area contributed by atoms with Gasteiger partial charge in [-0.25, -0.2) is 4.98 Å². The molecule has 1 aromatic carbocycles. The van der Waals surface area contributed by atoms with Crippen LogP contribution in [0, 0.1) is 12.3 Å². The Morgan fingerprint density at radius 3 is 2.69 bits per heavy atom. The van der Waals surface area contributed by atoms with E-state index in [-0.39, 0.29) is 6.61 Å². The van der Waals surface area contributed by atoms with Gasteiger partial charge in [0.15, 0.2) is 5.82 Å². The van der Waals surface area contributed by atoms with Crippen molar-refractivity contribution in [2.24, 2.45) is 0 Å². The number of fused-ring (bicyclic) bond motifs is 1. The Labute approximate surface area is 205 Å². The highest BCUT2D eigenvalue weighted by molar-refractivity contribution is 6.23. The summed E-state index contributed by atoms with van der Waals surface area (Å²) in [5.74, 6) is 2.36. The minimum atomic E-state index is 0.134. The maximum absolute atomic E-state index is 8.63. The molecule has 0 saturated carbocycles. The molecule has 0 unspecified atom stereocenters. The number of aromatic nitrogens is 4. The van der Waals surface area contributed by atoms with Crippen molar-refractivity contribution < 1.29 is 4.74 Å². The minimum absolute atomic E-state index is 0.134. The molecule has 0 atom stereocenters. The van der Waals surface area contributed by atoms with Crippen molar-refractivity contribution in [3.63, 3.8) is 0 Å². The van der Waals surface area contributed by atoms with E-state index in [9.17, 15) is 0 Å². The van der Waals surface area contributed by atoms with Crippen LogP contribution in [-0.2, 0) is 0 Å². The fourth-order valence-electron chi connectivity index (χ4n) is 3.54. The van der Waals surface area contributed by atoms with Gasteiger partial charge in [0.25, 0.3) is 0 Å². The molecule has 8 heteroatoms. The summed E-state index contributed by atoms with van der Waals surface area (Å²) in [6.07, 6.45) is 5.30. The Morgan fingerprint density at radius 2 is 1.91 bits per heavy atom. The molecule has 0 aliphatic heterocycles. The van der Waals surface area contributed by atoms with E-state index in [0.717, 1.165) is 28.0 Å². The number of hydrogen-bond acceptors (Lipinski definition) is 8. The Hall–Kier alpha value is -4.33. The molecule has 178 valence electrons. The smallest absolute Gasteiger partial charge is 0.154 e. The van der Waals surface area contributed by atoms with Crippen molar-refractivity contribution in [2.75, 3.05) is 19.0 Å². The second-order valence-corrected chi connectivity index (χ2v) is 8.54. The highest BCUT2D eigenvalue weighted by Crippen LogP contribution is 2.23. The second kappa shape index (κ2) is 10.7. The molecular weight excluding hydrogens is 438 g/mol. The van der Waals surface area contributed by atoms with Crippen LogP contribution in [0.5, 0.6) is 5.75 Å². The number of pyridine rings is 2. The van der Waals surface area contributed by atoms with Gasteiger partial charge < -0.3 is 20.8 Å². The number of ether oxygens (including phenoxy) is 1. The van der Waals surface area contributed by atoms with Crippen molar-refractivity contribution in [2.45, 2.75) is 26.7 Å². The van der Waals surface area contributed by atoms with Gasteiger partial charge in [0.2, 0.25) is 0 Å². The average molecular weight is 468 g/mol. The van der Waals surface area contributed by atoms with Crippen molar-refractivity contribution in [3.8, 4) is 5.75 Å². The van der Waals surface area contributed by atoms with Crippen LogP contribution in [0.1, 0.15) is 36.5 Å². The zero-order valence-corrected chi connectivity index (χ0v) is 20.3. The van der Waals surface area contributed by atoms with E-state index in [4.69, 9.17) is 15.1 Å². The van der Waals surface area contributed by atoms with E-state index in [0.29, 0.717) is 34.4 Å². The number of anilines is 2. The van der Waals surface area contributed by atoms with Crippen LogP contribution in [0.25, 0.3) is 16.6 Å². The highest BCUT2D eigenvalue weighted by atomic mass is 16.5. The van der Waals surface area contributed by atoms with Gasteiger partial charge in [-0.1, -0.05) is 26.0 Å². The van der Waals surface area contributed by atoms with Crippen LogP contribution in [0.4, 0.5) is 11.6 Å². The minimum Gasteiger partial charge on any atom is -0.487 e. The SMILES string of the molecule is CN/C=C(\C(=N)COc1cccc(C)c1)c1cnc2ccc(Nc3cc(C(C)C)cnn3)nc2c1. The number of nitrogens with one attached hydrogen (secondary N) is 3. The quantitative estimate of drug-likeness (QED) is 0.288. The summed E-state index contributed by atoms with van der Waals surface area (Å²) in [5.41, 5.74) is 5.46. The molecule has 0 amide bonds. The van der Waals surface area contributed by atoms with E-state index in [1.165, 1.54) is 0 Å². The third kappa shape index (κ3) is 5.97. The molecule has 4 aromatic rings. The lowest BCUT2D eigenvalue weighted by Crippen LogP contribution is -2.14. The number of nitrogens with zero attached hydrogens (tertiary/aromatic N) is 4. The van der Waals surface area contributed by atoms with Gasteiger partial charge >= 0.3 is 0 Å². The molecule has 4 rings (SSSR count). The Morgan fingerprint density at radius 1 is 1.06 bits per heavy atom. The summed E-state index contributed by atoms with van der Waals surface area (Å²) in [6, 6.07) is 15.5. The number of aryl methyl sites for hydroxylation is 1. The number of rotatable bonds is 9. The van der Waals surface area contributed by atoms with Gasteiger partial charge in [-0.15, -0.1) is 5.10 Å². The van der Waals surface area contributed by atoms with Crippen molar-refractivity contribution >= 4 is 34.0 Å². The van der Waals surface area contributed by atoms with Crippen LogP contribution < -0.4 is 15.4 Å². The van der Waals surface area contributed by atoms with E-state index in [1.807, 2.05) is 55.5 Å². The lowest BCUT2D eigenvalue weighted by Gasteiger charge is -2.13. The molecule has 0 aliphatic carbocycles. The van der Waals surface area contributed by atoms with E-state index in [2.05, 4.69) is 39.7 Å². The summed E-state index contributed by atoms with van der Waals surface area (Å²) in [5, 5.41) is 23.1. The van der Waals surface area contributed by atoms with Gasteiger partial charge in [0.1, 0.15) is 18.2 Å². The molecular formula is C27H29N7O. The molecule has 0 bridgehead atoms. The monoisotopic (exact) mass is 467 g/mol. The Kier molecular flexibility index (Phi) is 7.30. The summed E-state index contributed by atoms with van der Waals surface area (Å²) in [6.45, 7) is 6.37. The van der Waals surface area contributed by atoms with Gasteiger partial charge in [0.05, 0.1) is 22.9 Å². The molecule has 0 fully saturated rings. The van der Waals surface area contributed by atoms with Gasteiger partial charge in [-0.3, -0.25) is 4.98 Å². The molecule has 3 N–H and O–H groups in total. The first kappa shape index (κ1) is 23.8. The predicted octanol–water partition coefficient (Wildman–Crippen LogP) is 5.25. The summed E-state index contributed by atoms with van der Waals surface area (Å²) in [7, 11) is 1.80. The second-order valence-electron chi connectivity index (χ2n) is 8.54. The zero-order chi connectivity index (χ0) is 24.8. The molecule has 8 nitrogen and oxygen atoms in total. The van der Waals surface area contributed by atoms with Gasteiger partial charge in [-0.05, 0) is 60.4 Å². The van der Waals surface area contributed by atoms with Crippen LogP contribution >= 0.6 is 0 Å². The van der Waals surface area contributed by atoms with Crippen LogP contribution in [0.15, 0.2) is 67.1 Å². The van der Waals surface area contributed by atoms with E-state index in [1.54, 1.807) is 25.6 Å². The molecule has 0 radical (unpaired) electrons. The number of hydrogen-bond donors (Lipinski definition) is 3. The van der Waals surface area contributed by atoms with Crippen LogP contribution in [0.3, 0.4) is 0 Å². The zero-order valence-electron chi connectivity index (χ0n) is 20.3. The van der Waals surface area contributed by atoms with Gasteiger partial charge in [-0.2, -0.15) is 5.10 Å². The van der Waals surface area contributed by atoms with Gasteiger partial charge in [0, 0.05) is 30.6 Å². The molecule has 35 heavy (non-hydrogen) atoms. The lowest BCUT2D eigenvalue weighted by molar-refractivity contribution is 0.377. The summed E-state index contributed by atoms with van der Waals surface area (Å²) < 4.78 is 5.84.